The Kier molecular flexibility index (Phi) is 4.08. The highest BCUT2D eigenvalue weighted by Crippen LogP contribution is 2.15. The molecule has 7 heteroatoms. The standard InChI is InChI=1S/C19H16FN3O2S/c1-12-18-16(11-17(24)22(12)8-7-15-6-3-9-26-15)21-23(19(18)25)14-5-2-4-13(20)10-14/h2-6,9-11,21H,7-8H2,1H3. The molecule has 3 heterocycles. The summed E-state index contributed by atoms with van der Waals surface area (Å²) in [5, 5.41) is 5.35. The fraction of sp³-hybridized carbons (Fsp3) is 0.158. The number of nitrogens with one attached hydrogen (secondary N) is 1. The summed E-state index contributed by atoms with van der Waals surface area (Å²) in [6.45, 7) is 2.27. The second-order valence-corrected chi connectivity index (χ2v) is 7.10. The van der Waals surface area contributed by atoms with Crippen LogP contribution in [-0.2, 0) is 13.0 Å². The molecule has 0 aliphatic carbocycles. The predicted octanol–water partition coefficient (Wildman–Crippen LogP) is 3.23. The first kappa shape index (κ1) is 16.5. The van der Waals surface area contributed by atoms with Crippen molar-refractivity contribution < 1.29 is 4.39 Å². The molecule has 0 fully saturated rings. The first-order chi connectivity index (χ1) is 12.5. The third-order valence-corrected chi connectivity index (χ3v) is 5.38. The van der Waals surface area contributed by atoms with Crippen LogP contribution in [0.25, 0.3) is 16.6 Å². The zero-order valence-corrected chi connectivity index (χ0v) is 14.8. The van der Waals surface area contributed by atoms with E-state index in [0.717, 1.165) is 6.42 Å². The Morgan fingerprint density at radius 2 is 2.00 bits per heavy atom. The topological polar surface area (TPSA) is 59.8 Å². The maximum atomic E-state index is 13.5. The summed E-state index contributed by atoms with van der Waals surface area (Å²) < 4.78 is 16.4. The van der Waals surface area contributed by atoms with Gasteiger partial charge in [0.15, 0.2) is 0 Å². The van der Waals surface area contributed by atoms with Gasteiger partial charge < -0.3 is 4.57 Å². The summed E-state index contributed by atoms with van der Waals surface area (Å²) >= 11 is 1.64. The highest BCUT2D eigenvalue weighted by Gasteiger charge is 2.15. The minimum Gasteiger partial charge on any atom is -0.312 e. The summed E-state index contributed by atoms with van der Waals surface area (Å²) in [5.41, 5.74) is 0.991. The van der Waals surface area contributed by atoms with Crippen molar-refractivity contribution in [3.05, 3.63) is 84.9 Å². The van der Waals surface area contributed by atoms with Crippen LogP contribution in [-0.4, -0.2) is 14.3 Å². The van der Waals surface area contributed by atoms with Crippen LogP contribution < -0.4 is 11.1 Å². The van der Waals surface area contributed by atoms with Crippen LogP contribution in [0.4, 0.5) is 4.39 Å². The molecule has 0 amide bonds. The highest BCUT2D eigenvalue weighted by atomic mass is 32.1. The van der Waals surface area contributed by atoms with E-state index in [-0.39, 0.29) is 11.1 Å². The number of nitrogens with zero attached hydrogens (tertiary/aromatic N) is 2. The van der Waals surface area contributed by atoms with E-state index in [1.807, 2.05) is 17.5 Å². The van der Waals surface area contributed by atoms with Gasteiger partial charge in [-0.1, -0.05) is 12.1 Å². The second kappa shape index (κ2) is 6.42. The van der Waals surface area contributed by atoms with Crippen LogP contribution in [0.1, 0.15) is 10.6 Å². The third kappa shape index (κ3) is 2.80. The number of fused-ring (bicyclic) bond motifs is 1. The number of hydrogen-bond donors (Lipinski definition) is 1. The van der Waals surface area contributed by atoms with Gasteiger partial charge >= 0.3 is 0 Å². The number of aromatic amines is 1. The SMILES string of the molecule is Cc1c2c(=O)n(-c3cccc(F)c3)[nH]c2cc(=O)n1CCc1cccs1. The number of pyridine rings is 1. The molecule has 4 aromatic rings. The zero-order chi connectivity index (χ0) is 18.3. The van der Waals surface area contributed by atoms with Gasteiger partial charge in [-0.05, 0) is 43.0 Å². The minimum atomic E-state index is -0.430. The van der Waals surface area contributed by atoms with Crippen molar-refractivity contribution in [2.24, 2.45) is 0 Å². The van der Waals surface area contributed by atoms with Crippen molar-refractivity contribution >= 4 is 22.2 Å². The van der Waals surface area contributed by atoms with E-state index >= 15 is 0 Å². The average molecular weight is 369 g/mol. The third-order valence-electron chi connectivity index (χ3n) is 4.45. The van der Waals surface area contributed by atoms with Gasteiger partial charge in [0.1, 0.15) is 5.82 Å². The van der Waals surface area contributed by atoms with E-state index in [2.05, 4.69) is 5.10 Å². The summed E-state index contributed by atoms with van der Waals surface area (Å²) in [6.07, 6.45) is 0.729. The lowest BCUT2D eigenvalue weighted by Crippen LogP contribution is -2.24. The molecule has 0 aliphatic rings. The molecule has 0 unspecified atom stereocenters. The summed E-state index contributed by atoms with van der Waals surface area (Å²) in [5.74, 6) is -0.430. The van der Waals surface area contributed by atoms with E-state index in [9.17, 15) is 14.0 Å². The molecule has 1 N–H and O–H groups in total. The fourth-order valence-corrected chi connectivity index (χ4v) is 3.86. The number of aryl methyl sites for hydroxylation is 2. The van der Waals surface area contributed by atoms with E-state index in [1.54, 1.807) is 28.9 Å². The van der Waals surface area contributed by atoms with Crippen LogP contribution in [0, 0.1) is 12.7 Å². The van der Waals surface area contributed by atoms with Crippen molar-refractivity contribution in [1.82, 2.24) is 14.3 Å². The Hall–Kier alpha value is -2.93. The normalized spacial score (nSPS) is 11.3. The predicted molar refractivity (Wildman–Crippen MR) is 101 cm³/mol. The summed E-state index contributed by atoms with van der Waals surface area (Å²) in [4.78, 5) is 26.5. The van der Waals surface area contributed by atoms with Crippen LogP contribution in [0.15, 0.2) is 57.4 Å². The largest absolute Gasteiger partial charge is 0.312 e. The molecule has 132 valence electrons. The quantitative estimate of drug-likeness (QED) is 0.600. The van der Waals surface area contributed by atoms with Crippen LogP contribution in [0.2, 0.25) is 0 Å². The maximum Gasteiger partial charge on any atom is 0.280 e. The molecular formula is C19H16FN3O2S. The molecule has 0 bridgehead atoms. The van der Waals surface area contributed by atoms with Crippen molar-refractivity contribution in [2.45, 2.75) is 19.9 Å². The van der Waals surface area contributed by atoms with E-state index in [1.165, 1.54) is 33.8 Å². The first-order valence-corrected chi connectivity index (χ1v) is 9.06. The van der Waals surface area contributed by atoms with Crippen molar-refractivity contribution in [3.8, 4) is 5.69 Å². The van der Waals surface area contributed by atoms with Crippen molar-refractivity contribution in [2.75, 3.05) is 0 Å². The van der Waals surface area contributed by atoms with Gasteiger partial charge in [-0.25, -0.2) is 9.07 Å². The molecule has 0 aliphatic heterocycles. The van der Waals surface area contributed by atoms with E-state index < -0.39 is 5.82 Å². The Bertz CT molecular complexity index is 1200. The number of rotatable bonds is 4. The molecule has 5 nitrogen and oxygen atoms in total. The number of hydrogen-bond acceptors (Lipinski definition) is 3. The van der Waals surface area contributed by atoms with E-state index in [4.69, 9.17) is 0 Å². The molecule has 4 rings (SSSR count). The van der Waals surface area contributed by atoms with Gasteiger partial charge in [-0.3, -0.25) is 14.7 Å². The number of H-pyrrole nitrogens is 1. The zero-order valence-electron chi connectivity index (χ0n) is 14.0. The van der Waals surface area contributed by atoms with Gasteiger partial charge in [0.05, 0.1) is 16.6 Å². The van der Waals surface area contributed by atoms with E-state index in [0.29, 0.717) is 28.8 Å². The van der Waals surface area contributed by atoms with Crippen molar-refractivity contribution in [1.29, 1.82) is 0 Å². The molecule has 26 heavy (non-hydrogen) atoms. The maximum absolute atomic E-state index is 13.5. The summed E-state index contributed by atoms with van der Waals surface area (Å²) in [7, 11) is 0. The first-order valence-electron chi connectivity index (χ1n) is 8.18. The van der Waals surface area contributed by atoms with Crippen LogP contribution >= 0.6 is 11.3 Å². The highest BCUT2D eigenvalue weighted by molar-refractivity contribution is 7.09. The number of thiophene rings is 1. The van der Waals surface area contributed by atoms with Gasteiger partial charge in [-0.2, -0.15) is 0 Å². The Labute approximate surface area is 151 Å². The molecular weight excluding hydrogens is 353 g/mol. The van der Waals surface area contributed by atoms with Gasteiger partial charge in [0.25, 0.3) is 11.1 Å². The second-order valence-electron chi connectivity index (χ2n) is 6.07. The fourth-order valence-electron chi connectivity index (χ4n) is 3.16. The molecule has 0 saturated heterocycles. The van der Waals surface area contributed by atoms with Crippen LogP contribution in [0.5, 0.6) is 0 Å². The minimum absolute atomic E-state index is 0.167. The van der Waals surface area contributed by atoms with Crippen LogP contribution in [0.3, 0.4) is 0 Å². The average Bonchev–Trinajstić information content (AvgIpc) is 3.22. The van der Waals surface area contributed by atoms with Gasteiger partial charge in [0, 0.05) is 23.2 Å². The Balaban J connectivity index is 1.83. The molecule has 0 saturated carbocycles. The lowest BCUT2D eigenvalue weighted by atomic mass is 10.2. The van der Waals surface area contributed by atoms with Gasteiger partial charge in [0.2, 0.25) is 0 Å². The molecule has 3 aromatic heterocycles. The molecule has 0 atom stereocenters. The van der Waals surface area contributed by atoms with Gasteiger partial charge in [-0.15, -0.1) is 11.3 Å². The number of aromatic nitrogens is 3. The smallest absolute Gasteiger partial charge is 0.280 e. The Morgan fingerprint density at radius 3 is 2.73 bits per heavy atom. The monoisotopic (exact) mass is 369 g/mol. The molecule has 0 radical (unpaired) electrons. The molecule has 1 aromatic carbocycles. The number of halogens is 1. The molecule has 0 spiro atoms. The summed E-state index contributed by atoms with van der Waals surface area (Å²) in [6, 6.07) is 11.2. The lowest BCUT2D eigenvalue weighted by Gasteiger charge is -2.09. The van der Waals surface area contributed by atoms with Crippen molar-refractivity contribution in [3.63, 3.8) is 0 Å². The number of benzene rings is 1. The Morgan fingerprint density at radius 1 is 1.15 bits per heavy atom. The lowest BCUT2D eigenvalue weighted by molar-refractivity contribution is 0.625.